The molecule has 1 heterocycles. The highest BCUT2D eigenvalue weighted by atomic mass is 32.2. The molecule has 2 N–H and O–H groups in total. The summed E-state index contributed by atoms with van der Waals surface area (Å²) in [6, 6.07) is 0.682. The van der Waals surface area contributed by atoms with Gasteiger partial charge in [-0.2, -0.15) is 0 Å². The molecule has 0 amide bonds. The number of nitrogens with one attached hydrogen (secondary N) is 2. The number of unbranched alkanes of at least 4 members (excludes halogenated alkanes) is 1. The largest absolute Gasteiger partial charge is 0.444 e. The smallest absolute Gasteiger partial charge is 0.212 e. The molecule has 1 aromatic heterocycles. The van der Waals surface area contributed by atoms with Gasteiger partial charge in [-0.1, -0.05) is 0 Å². The monoisotopic (exact) mass is 301 g/mol. The highest BCUT2D eigenvalue weighted by molar-refractivity contribution is 7.89. The lowest BCUT2D eigenvalue weighted by Gasteiger charge is -2.05. The Morgan fingerprint density at radius 2 is 2.05 bits per heavy atom. The Hall–Kier alpha value is -0.920. The fraction of sp³-hybridized carbons (Fsp3) is 0.769. The maximum Gasteiger partial charge on any atom is 0.212 e. The van der Waals surface area contributed by atoms with Gasteiger partial charge in [0, 0.05) is 6.04 Å². The first-order chi connectivity index (χ1) is 9.46. The van der Waals surface area contributed by atoms with Gasteiger partial charge >= 0.3 is 0 Å². The van der Waals surface area contributed by atoms with Gasteiger partial charge in [-0.3, -0.25) is 0 Å². The van der Waals surface area contributed by atoms with Crippen LogP contribution < -0.4 is 10.0 Å². The molecule has 1 aliphatic rings. The summed E-state index contributed by atoms with van der Waals surface area (Å²) in [4.78, 5) is 4.15. The van der Waals surface area contributed by atoms with Gasteiger partial charge in [-0.25, -0.2) is 18.1 Å². The first-order valence-electron chi connectivity index (χ1n) is 7.10. The van der Waals surface area contributed by atoms with Crippen molar-refractivity contribution in [3.8, 4) is 0 Å². The van der Waals surface area contributed by atoms with Crippen molar-refractivity contribution >= 4 is 10.0 Å². The topological polar surface area (TPSA) is 84.2 Å². The normalized spacial score (nSPS) is 15.7. The number of hydrogen-bond acceptors (Lipinski definition) is 5. The molecule has 0 saturated heterocycles. The quantitative estimate of drug-likeness (QED) is 0.670. The molecule has 1 saturated carbocycles. The predicted octanol–water partition coefficient (Wildman–Crippen LogP) is 1.24. The van der Waals surface area contributed by atoms with Crippen molar-refractivity contribution < 1.29 is 12.8 Å². The minimum Gasteiger partial charge on any atom is -0.444 e. The Balaban J connectivity index is 1.64. The van der Waals surface area contributed by atoms with Gasteiger partial charge in [0.2, 0.25) is 15.9 Å². The van der Waals surface area contributed by atoms with Crippen LogP contribution in [0.5, 0.6) is 0 Å². The Labute approximate surface area is 120 Å². The fourth-order valence-corrected chi connectivity index (χ4v) is 2.94. The van der Waals surface area contributed by atoms with Crippen molar-refractivity contribution in [2.75, 3.05) is 12.3 Å². The van der Waals surface area contributed by atoms with E-state index in [9.17, 15) is 8.42 Å². The number of oxazole rings is 1. The average Bonchev–Trinajstić information content (AvgIpc) is 3.14. The van der Waals surface area contributed by atoms with Crippen molar-refractivity contribution in [1.82, 2.24) is 15.0 Å². The SMILES string of the molecule is Cc1nc(CNS(=O)(=O)CCCCNC2CC2)oc1C. The number of aryl methyl sites for hydroxylation is 2. The zero-order chi connectivity index (χ0) is 14.6. The van der Waals surface area contributed by atoms with Crippen LogP contribution in [0, 0.1) is 13.8 Å². The summed E-state index contributed by atoms with van der Waals surface area (Å²) >= 11 is 0. The number of nitrogens with zero attached hydrogens (tertiary/aromatic N) is 1. The molecule has 0 aromatic carbocycles. The van der Waals surface area contributed by atoms with Crippen LogP contribution in [-0.2, 0) is 16.6 Å². The minimum absolute atomic E-state index is 0.122. The van der Waals surface area contributed by atoms with E-state index in [0.717, 1.165) is 24.4 Å². The molecule has 1 fully saturated rings. The third-order valence-electron chi connectivity index (χ3n) is 3.37. The lowest BCUT2D eigenvalue weighted by atomic mass is 10.3. The second-order valence-corrected chi connectivity index (χ2v) is 7.25. The van der Waals surface area contributed by atoms with Crippen molar-refractivity contribution in [2.45, 2.75) is 52.1 Å². The predicted molar refractivity (Wildman–Crippen MR) is 76.9 cm³/mol. The summed E-state index contributed by atoms with van der Waals surface area (Å²) < 4.78 is 31.5. The number of aromatic nitrogens is 1. The van der Waals surface area contributed by atoms with Crippen LogP contribution in [0.4, 0.5) is 0 Å². The molecule has 20 heavy (non-hydrogen) atoms. The van der Waals surface area contributed by atoms with Crippen molar-refractivity contribution in [2.24, 2.45) is 0 Å². The van der Waals surface area contributed by atoms with Crippen LogP contribution in [0.25, 0.3) is 0 Å². The van der Waals surface area contributed by atoms with Crippen LogP contribution in [-0.4, -0.2) is 31.7 Å². The maximum atomic E-state index is 11.8. The van der Waals surface area contributed by atoms with E-state index in [0.29, 0.717) is 18.4 Å². The molecule has 0 bridgehead atoms. The van der Waals surface area contributed by atoms with Gasteiger partial charge < -0.3 is 9.73 Å². The zero-order valence-electron chi connectivity index (χ0n) is 12.1. The first-order valence-corrected chi connectivity index (χ1v) is 8.75. The van der Waals surface area contributed by atoms with Crippen molar-refractivity contribution in [3.05, 3.63) is 17.3 Å². The van der Waals surface area contributed by atoms with E-state index in [1.807, 2.05) is 13.8 Å². The van der Waals surface area contributed by atoms with Gasteiger partial charge in [-0.05, 0) is 46.1 Å². The lowest BCUT2D eigenvalue weighted by molar-refractivity contribution is 0.462. The van der Waals surface area contributed by atoms with Crippen molar-refractivity contribution in [3.63, 3.8) is 0 Å². The van der Waals surface area contributed by atoms with Gasteiger partial charge in [0.15, 0.2) is 0 Å². The van der Waals surface area contributed by atoms with E-state index in [2.05, 4.69) is 15.0 Å². The van der Waals surface area contributed by atoms with E-state index in [1.165, 1.54) is 12.8 Å². The molecule has 0 aliphatic heterocycles. The third kappa shape index (κ3) is 5.22. The zero-order valence-corrected chi connectivity index (χ0v) is 12.9. The summed E-state index contributed by atoms with van der Waals surface area (Å²) in [5.41, 5.74) is 0.797. The lowest BCUT2D eigenvalue weighted by Crippen LogP contribution is -2.27. The number of hydrogen-bond donors (Lipinski definition) is 2. The molecule has 114 valence electrons. The number of rotatable bonds is 9. The molecule has 0 unspecified atom stereocenters. The Bertz CT molecular complexity index is 516. The van der Waals surface area contributed by atoms with E-state index in [4.69, 9.17) is 4.42 Å². The van der Waals surface area contributed by atoms with Crippen LogP contribution in [0.3, 0.4) is 0 Å². The van der Waals surface area contributed by atoms with Gasteiger partial charge in [-0.15, -0.1) is 0 Å². The van der Waals surface area contributed by atoms with Gasteiger partial charge in [0.05, 0.1) is 18.0 Å². The molecule has 0 atom stereocenters. The first kappa shape index (κ1) is 15.5. The Kier molecular flexibility index (Phi) is 5.17. The van der Waals surface area contributed by atoms with Crippen LogP contribution in [0.15, 0.2) is 4.42 Å². The maximum absolute atomic E-state index is 11.8. The molecular formula is C13H23N3O3S. The molecule has 0 spiro atoms. The van der Waals surface area contributed by atoms with E-state index >= 15 is 0 Å². The second-order valence-electron chi connectivity index (χ2n) is 5.32. The van der Waals surface area contributed by atoms with Gasteiger partial charge in [0.25, 0.3) is 0 Å². The summed E-state index contributed by atoms with van der Waals surface area (Å²) in [6.45, 7) is 4.67. The molecule has 2 rings (SSSR count). The summed E-state index contributed by atoms with van der Waals surface area (Å²) in [5, 5.41) is 3.37. The van der Waals surface area contributed by atoms with E-state index < -0.39 is 10.0 Å². The van der Waals surface area contributed by atoms with Crippen LogP contribution in [0.1, 0.15) is 43.0 Å². The summed E-state index contributed by atoms with van der Waals surface area (Å²) in [7, 11) is -3.25. The van der Waals surface area contributed by atoms with E-state index in [1.54, 1.807) is 0 Å². The van der Waals surface area contributed by atoms with Gasteiger partial charge in [0.1, 0.15) is 5.76 Å². The summed E-state index contributed by atoms with van der Waals surface area (Å²) in [6.07, 6.45) is 4.07. The van der Waals surface area contributed by atoms with Crippen LogP contribution >= 0.6 is 0 Å². The molecule has 1 aliphatic carbocycles. The van der Waals surface area contributed by atoms with Crippen LogP contribution in [0.2, 0.25) is 0 Å². The summed E-state index contributed by atoms with van der Waals surface area (Å²) in [5.74, 6) is 1.29. The average molecular weight is 301 g/mol. The highest BCUT2D eigenvalue weighted by Crippen LogP contribution is 2.18. The molecule has 1 aromatic rings. The molecule has 7 heteroatoms. The van der Waals surface area contributed by atoms with E-state index in [-0.39, 0.29) is 12.3 Å². The minimum atomic E-state index is -3.25. The Morgan fingerprint density at radius 3 is 2.65 bits per heavy atom. The highest BCUT2D eigenvalue weighted by Gasteiger charge is 2.19. The third-order valence-corrected chi connectivity index (χ3v) is 4.78. The molecular weight excluding hydrogens is 278 g/mol. The van der Waals surface area contributed by atoms with Crippen molar-refractivity contribution in [1.29, 1.82) is 0 Å². The second kappa shape index (κ2) is 6.69. The molecule has 6 nitrogen and oxygen atoms in total. The fourth-order valence-electron chi connectivity index (χ4n) is 1.87. The standard InChI is InChI=1S/C13H23N3O3S/c1-10-11(2)19-13(16-10)9-15-20(17,18)8-4-3-7-14-12-5-6-12/h12,14-15H,3-9H2,1-2H3. The Morgan fingerprint density at radius 1 is 1.30 bits per heavy atom. The number of sulfonamides is 1. The molecule has 0 radical (unpaired) electrons.